The quantitative estimate of drug-likeness (QED) is 0.324. The Labute approximate surface area is 145 Å². The smallest absolute Gasteiger partial charge is 0.416 e. The summed E-state index contributed by atoms with van der Waals surface area (Å²) in [6.45, 7) is 1.06. The summed E-state index contributed by atoms with van der Waals surface area (Å²) < 4.78 is 42.1. The number of guanidine groups is 1. The zero-order valence-corrected chi connectivity index (χ0v) is 14.4. The molecule has 0 aliphatic rings. The Morgan fingerprint density at radius 1 is 1.12 bits per heavy atom. The van der Waals surface area contributed by atoms with Crippen LogP contribution in [0.1, 0.15) is 36.8 Å². The lowest BCUT2D eigenvalue weighted by Crippen LogP contribution is -2.37. The number of nitrogens with zero attached hydrogens (tertiary/aromatic N) is 1. The van der Waals surface area contributed by atoms with Gasteiger partial charge in [0.05, 0.1) is 12.7 Å². The third-order valence-corrected chi connectivity index (χ3v) is 3.54. The summed E-state index contributed by atoms with van der Waals surface area (Å²) in [5.41, 5.74) is 0.0692. The van der Waals surface area contributed by atoms with Gasteiger partial charge in [0.2, 0.25) is 0 Å². The SMILES string of the molecule is CN=C(NCCCCCC(=O)OC)NCc1ccc(C(F)(F)F)cc1. The number of nitrogens with one attached hydrogen (secondary N) is 2. The van der Waals surface area contributed by atoms with Gasteiger partial charge in [-0.1, -0.05) is 18.6 Å². The van der Waals surface area contributed by atoms with Crippen molar-refractivity contribution in [1.29, 1.82) is 0 Å². The van der Waals surface area contributed by atoms with Crippen LogP contribution in [0.2, 0.25) is 0 Å². The van der Waals surface area contributed by atoms with Crippen LogP contribution >= 0.6 is 0 Å². The number of benzene rings is 1. The number of esters is 1. The summed E-state index contributed by atoms with van der Waals surface area (Å²) in [6, 6.07) is 5.01. The van der Waals surface area contributed by atoms with Gasteiger partial charge < -0.3 is 15.4 Å². The molecule has 0 aliphatic heterocycles. The molecule has 0 aromatic heterocycles. The van der Waals surface area contributed by atoms with Gasteiger partial charge in [0, 0.05) is 26.6 Å². The van der Waals surface area contributed by atoms with Crippen molar-refractivity contribution in [2.75, 3.05) is 20.7 Å². The predicted octanol–water partition coefficient (Wildman–Crippen LogP) is 3.10. The summed E-state index contributed by atoms with van der Waals surface area (Å²) in [5, 5.41) is 6.17. The molecular weight excluding hydrogens is 335 g/mol. The molecule has 1 rings (SSSR count). The number of unbranched alkanes of at least 4 members (excludes halogenated alkanes) is 2. The lowest BCUT2D eigenvalue weighted by molar-refractivity contribution is -0.140. The zero-order valence-electron chi connectivity index (χ0n) is 14.4. The maximum Gasteiger partial charge on any atom is 0.416 e. The number of alkyl halides is 3. The first-order valence-corrected chi connectivity index (χ1v) is 8.04. The molecule has 8 heteroatoms. The fourth-order valence-corrected chi connectivity index (χ4v) is 2.10. The van der Waals surface area contributed by atoms with Crippen LogP contribution in [0.4, 0.5) is 13.2 Å². The van der Waals surface area contributed by atoms with Gasteiger partial charge >= 0.3 is 12.1 Å². The molecular formula is C17H24F3N3O2. The molecule has 0 saturated carbocycles. The van der Waals surface area contributed by atoms with E-state index in [4.69, 9.17) is 0 Å². The highest BCUT2D eigenvalue weighted by atomic mass is 19.4. The van der Waals surface area contributed by atoms with Crippen LogP contribution in [0, 0.1) is 0 Å². The molecule has 140 valence electrons. The van der Waals surface area contributed by atoms with Crippen LogP contribution in [-0.4, -0.2) is 32.6 Å². The Bertz CT molecular complexity index is 557. The normalized spacial score (nSPS) is 12.0. The number of hydrogen-bond acceptors (Lipinski definition) is 3. The van der Waals surface area contributed by atoms with E-state index in [1.165, 1.54) is 19.2 Å². The van der Waals surface area contributed by atoms with Crippen molar-refractivity contribution in [3.8, 4) is 0 Å². The van der Waals surface area contributed by atoms with Gasteiger partial charge in [-0.25, -0.2) is 0 Å². The summed E-state index contributed by atoms with van der Waals surface area (Å²) in [6.07, 6.45) is -1.38. The Hall–Kier alpha value is -2.25. The summed E-state index contributed by atoms with van der Waals surface area (Å²) in [7, 11) is 3.00. The number of aliphatic imine (C=N–C) groups is 1. The summed E-state index contributed by atoms with van der Waals surface area (Å²) in [5.74, 6) is 0.370. The molecule has 1 aromatic rings. The van der Waals surface area contributed by atoms with Crippen molar-refractivity contribution in [1.82, 2.24) is 10.6 Å². The van der Waals surface area contributed by atoms with E-state index in [-0.39, 0.29) is 5.97 Å². The van der Waals surface area contributed by atoms with Crippen LogP contribution in [-0.2, 0) is 22.3 Å². The fraction of sp³-hybridized carbons (Fsp3) is 0.529. The molecule has 0 atom stereocenters. The highest BCUT2D eigenvalue weighted by Gasteiger charge is 2.29. The molecule has 1 aromatic carbocycles. The van der Waals surface area contributed by atoms with Crippen LogP contribution in [0.5, 0.6) is 0 Å². The zero-order chi connectivity index (χ0) is 18.7. The standard InChI is InChI=1S/C17H24F3N3O2/c1-21-16(22-11-5-3-4-6-15(24)25-2)23-12-13-7-9-14(10-8-13)17(18,19)20/h7-10H,3-6,11-12H2,1-2H3,(H2,21,22,23). The Morgan fingerprint density at radius 2 is 1.80 bits per heavy atom. The highest BCUT2D eigenvalue weighted by molar-refractivity contribution is 5.79. The van der Waals surface area contributed by atoms with Gasteiger partial charge in [0.15, 0.2) is 5.96 Å². The van der Waals surface area contributed by atoms with Gasteiger partial charge in [-0.15, -0.1) is 0 Å². The van der Waals surface area contributed by atoms with Crippen molar-refractivity contribution in [3.05, 3.63) is 35.4 Å². The van der Waals surface area contributed by atoms with Gasteiger partial charge in [-0.2, -0.15) is 13.2 Å². The molecule has 0 radical (unpaired) electrons. The van der Waals surface area contributed by atoms with Crippen molar-refractivity contribution in [3.63, 3.8) is 0 Å². The summed E-state index contributed by atoms with van der Waals surface area (Å²) >= 11 is 0. The first-order valence-electron chi connectivity index (χ1n) is 8.04. The summed E-state index contributed by atoms with van der Waals surface area (Å²) in [4.78, 5) is 15.0. The van der Waals surface area contributed by atoms with E-state index in [1.807, 2.05) is 0 Å². The first-order chi connectivity index (χ1) is 11.9. The number of hydrogen-bond donors (Lipinski definition) is 2. The second kappa shape index (κ2) is 10.6. The Morgan fingerprint density at radius 3 is 2.36 bits per heavy atom. The molecule has 0 amide bonds. The minimum atomic E-state index is -4.32. The Kier molecular flexibility index (Phi) is 8.80. The molecule has 0 heterocycles. The molecule has 0 aliphatic carbocycles. The van der Waals surface area contributed by atoms with Crippen molar-refractivity contribution in [2.24, 2.45) is 4.99 Å². The lowest BCUT2D eigenvalue weighted by Gasteiger charge is -2.12. The second-order valence-corrected chi connectivity index (χ2v) is 5.43. The number of carbonyl (C=O) groups is 1. The third kappa shape index (κ3) is 8.42. The lowest BCUT2D eigenvalue weighted by atomic mass is 10.1. The number of rotatable bonds is 8. The average Bonchev–Trinajstić information content (AvgIpc) is 2.59. The largest absolute Gasteiger partial charge is 0.469 e. The maximum absolute atomic E-state index is 12.5. The number of halogens is 3. The second-order valence-electron chi connectivity index (χ2n) is 5.43. The molecule has 0 saturated heterocycles. The highest BCUT2D eigenvalue weighted by Crippen LogP contribution is 2.28. The van der Waals surface area contributed by atoms with E-state index in [1.54, 1.807) is 7.05 Å². The van der Waals surface area contributed by atoms with Crippen LogP contribution in [0.3, 0.4) is 0 Å². The van der Waals surface area contributed by atoms with Crippen molar-refractivity contribution < 1.29 is 22.7 Å². The van der Waals surface area contributed by atoms with Crippen LogP contribution in [0.15, 0.2) is 29.3 Å². The molecule has 0 fully saturated rings. The third-order valence-electron chi connectivity index (χ3n) is 3.54. The Balaban J connectivity index is 2.27. The van der Waals surface area contributed by atoms with E-state index < -0.39 is 11.7 Å². The van der Waals surface area contributed by atoms with E-state index in [0.29, 0.717) is 25.5 Å². The average molecular weight is 359 g/mol. The molecule has 25 heavy (non-hydrogen) atoms. The van der Waals surface area contributed by atoms with Gasteiger partial charge in [0.1, 0.15) is 0 Å². The van der Waals surface area contributed by atoms with Crippen molar-refractivity contribution in [2.45, 2.75) is 38.4 Å². The first kappa shape index (κ1) is 20.8. The number of methoxy groups -OCH3 is 1. The van der Waals surface area contributed by atoms with Crippen molar-refractivity contribution >= 4 is 11.9 Å². The number of ether oxygens (including phenoxy) is 1. The van der Waals surface area contributed by atoms with Crippen LogP contribution < -0.4 is 10.6 Å². The maximum atomic E-state index is 12.5. The minimum absolute atomic E-state index is 0.207. The molecule has 2 N–H and O–H groups in total. The van der Waals surface area contributed by atoms with E-state index in [2.05, 4.69) is 20.4 Å². The van der Waals surface area contributed by atoms with Gasteiger partial charge in [-0.3, -0.25) is 9.79 Å². The predicted molar refractivity (Wildman–Crippen MR) is 90.1 cm³/mol. The van der Waals surface area contributed by atoms with E-state index in [0.717, 1.165) is 37.0 Å². The van der Waals surface area contributed by atoms with Gasteiger partial charge in [0.25, 0.3) is 0 Å². The van der Waals surface area contributed by atoms with Gasteiger partial charge in [-0.05, 0) is 30.5 Å². The fourth-order valence-electron chi connectivity index (χ4n) is 2.10. The van der Waals surface area contributed by atoms with Crippen LogP contribution in [0.25, 0.3) is 0 Å². The topological polar surface area (TPSA) is 62.7 Å². The monoisotopic (exact) mass is 359 g/mol. The van der Waals surface area contributed by atoms with E-state index in [9.17, 15) is 18.0 Å². The molecule has 0 unspecified atom stereocenters. The minimum Gasteiger partial charge on any atom is -0.469 e. The molecule has 0 bridgehead atoms. The van der Waals surface area contributed by atoms with E-state index >= 15 is 0 Å². The molecule has 5 nitrogen and oxygen atoms in total. The number of carbonyl (C=O) groups excluding carboxylic acids is 1. The molecule has 0 spiro atoms.